The van der Waals surface area contributed by atoms with E-state index >= 15 is 0 Å². The molecule has 1 heterocycles. The first-order valence-corrected chi connectivity index (χ1v) is 7.51. The van der Waals surface area contributed by atoms with Crippen LogP contribution in [0.25, 0.3) is 11.4 Å². The van der Waals surface area contributed by atoms with Gasteiger partial charge in [0.05, 0.1) is 5.75 Å². The number of rotatable bonds is 4. The molecule has 106 valence electrons. The Morgan fingerprint density at radius 1 is 1.05 bits per heavy atom. The van der Waals surface area contributed by atoms with Gasteiger partial charge in [0.25, 0.3) is 0 Å². The highest BCUT2D eigenvalue weighted by Gasteiger charge is 2.08. The lowest BCUT2D eigenvalue weighted by Gasteiger charge is -1.98. The molecule has 0 amide bonds. The van der Waals surface area contributed by atoms with E-state index in [0.29, 0.717) is 17.5 Å². The molecule has 0 saturated carbocycles. The fourth-order valence-electron chi connectivity index (χ4n) is 1.82. The van der Waals surface area contributed by atoms with Gasteiger partial charge >= 0.3 is 0 Å². The normalized spacial score (nSPS) is 10.7. The second-order valence-corrected chi connectivity index (χ2v) is 5.71. The molecule has 1 aromatic heterocycles. The van der Waals surface area contributed by atoms with Gasteiger partial charge in [-0.05, 0) is 31.2 Å². The Kier molecular flexibility index (Phi) is 3.92. The fourth-order valence-corrected chi connectivity index (χ4v) is 2.56. The van der Waals surface area contributed by atoms with Crippen molar-refractivity contribution in [1.29, 1.82) is 0 Å². The van der Waals surface area contributed by atoms with E-state index in [1.54, 1.807) is 23.9 Å². The van der Waals surface area contributed by atoms with Crippen molar-refractivity contribution in [3.8, 4) is 17.1 Å². The molecule has 0 spiro atoms. The Morgan fingerprint density at radius 3 is 2.48 bits per heavy atom. The second-order valence-electron chi connectivity index (χ2n) is 4.66. The molecule has 0 radical (unpaired) electrons. The van der Waals surface area contributed by atoms with Gasteiger partial charge in [-0.2, -0.15) is 4.98 Å². The number of phenolic OH excluding ortho intramolecular Hbond substituents is 1. The maximum Gasteiger partial charge on any atom is 0.237 e. The summed E-state index contributed by atoms with van der Waals surface area (Å²) in [5, 5.41) is 13.2. The Morgan fingerprint density at radius 2 is 1.76 bits per heavy atom. The molecule has 1 N–H and O–H groups in total. The highest BCUT2D eigenvalue weighted by atomic mass is 32.2. The molecule has 3 aromatic rings. The van der Waals surface area contributed by atoms with Crippen LogP contribution in [0, 0.1) is 6.92 Å². The third-order valence-electron chi connectivity index (χ3n) is 2.98. The van der Waals surface area contributed by atoms with Crippen LogP contribution < -0.4 is 0 Å². The minimum absolute atomic E-state index is 0.263. The number of hydrogen-bond acceptors (Lipinski definition) is 5. The molecule has 0 bridgehead atoms. The maximum absolute atomic E-state index is 9.24. The van der Waals surface area contributed by atoms with Gasteiger partial charge in [-0.25, -0.2) is 0 Å². The van der Waals surface area contributed by atoms with Gasteiger partial charge in [-0.15, -0.1) is 11.8 Å². The fraction of sp³-hybridized carbons (Fsp3) is 0.125. The van der Waals surface area contributed by atoms with Crippen LogP contribution >= 0.6 is 11.8 Å². The molecular weight excluding hydrogens is 284 g/mol. The van der Waals surface area contributed by atoms with Gasteiger partial charge in [0, 0.05) is 10.5 Å². The number of nitrogens with zero attached hydrogens (tertiary/aromatic N) is 2. The van der Waals surface area contributed by atoms with Crippen molar-refractivity contribution in [2.24, 2.45) is 0 Å². The minimum atomic E-state index is 0.263. The standard InChI is InChI=1S/C16H14N2O2S/c1-11-2-4-12(5-3-11)16-17-15(20-18-16)10-21-14-8-6-13(19)7-9-14/h2-9,19H,10H2,1H3. The first-order valence-electron chi connectivity index (χ1n) is 6.52. The van der Waals surface area contributed by atoms with Crippen molar-refractivity contribution < 1.29 is 9.63 Å². The molecule has 0 saturated heterocycles. The number of phenols is 1. The van der Waals surface area contributed by atoms with Gasteiger partial charge in [0.15, 0.2) is 0 Å². The molecule has 0 aliphatic heterocycles. The summed E-state index contributed by atoms with van der Waals surface area (Å²) in [4.78, 5) is 5.44. The average molecular weight is 298 g/mol. The van der Waals surface area contributed by atoms with Gasteiger partial charge in [0.2, 0.25) is 11.7 Å². The van der Waals surface area contributed by atoms with E-state index in [1.165, 1.54) is 5.56 Å². The van der Waals surface area contributed by atoms with E-state index in [4.69, 9.17) is 4.52 Å². The Hall–Kier alpha value is -2.27. The summed E-state index contributed by atoms with van der Waals surface area (Å²) >= 11 is 1.59. The molecule has 0 atom stereocenters. The van der Waals surface area contributed by atoms with Crippen LogP contribution in [-0.4, -0.2) is 15.2 Å². The lowest BCUT2D eigenvalue weighted by atomic mass is 10.1. The summed E-state index contributed by atoms with van der Waals surface area (Å²) in [6, 6.07) is 15.1. The first-order chi connectivity index (χ1) is 10.2. The monoisotopic (exact) mass is 298 g/mol. The molecule has 0 aliphatic carbocycles. The third-order valence-corrected chi connectivity index (χ3v) is 3.97. The lowest BCUT2D eigenvalue weighted by Crippen LogP contribution is -1.83. The van der Waals surface area contributed by atoms with Crippen LogP contribution in [0.15, 0.2) is 57.9 Å². The van der Waals surface area contributed by atoms with Crippen molar-refractivity contribution in [3.63, 3.8) is 0 Å². The van der Waals surface area contributed by atoms with E-state index in [1.807, 2.05) is 43.3 Å². The van der Waals surface area contributed by atoms with Crippen LogP contribution in [0.5, 0.6) is 5.75 Å². The zero-order chi connectivity index (χ0) is 14.7. The molecule has 2 aromatic carbocycles. The Balaban J connectivity index is 1.67. The molecule has 21 heavy (non-hydrogen) atoms. The smallest absolute Gasteiger partial charge is 0.237 e. The summed E-state index contributed by atoms with van der Waals surface area (Å²) in [6.07, 6.45) is 0. The zero-order valence-electron chi connectivity index (χ0n) is 11.5. The number of hydrogen-bond donors (Lipinski definition) is 1. The second kappa shape index (κ2) is 6.01. The van der Waals surface area contributed by atoms with Crippen LogP contribution in [0.4, 0.5) is 0 Å². The average Bonchev–Trinajstić information content (AvgIpc) is 2.96. The predicted octanol–water partition coefficient (Wildman–Crippen LogP) is 4.04. The quantitative estimate of drug-likeness (QED) is 0.736. The number of aryl methyl sites for hydroxylation is 1. The summed E-state index contributed by atoms with van der Waals surface area (Å²) in [5.74, 6) is 2.06. The number of aromatic hydroxyl groups is 1. The van der Waals surface area contributed by atoms with E-state index < -0.39 is 0 Å². The van der Waals surface area contributed by atoms with E-state index in [0.717, 1.165) is 10.5 Å². The molecule has 4 nitrogen and oxygen atoms in total. The SMILES string of the molecule is Cc1ccc(-c2noc(CSc3ccc(O)cc3)n2)cc1. The molecule has 0 unspecified atom stereocenters. The summed E-state index contributed by atoms with van der Waals surface area (Å²) in [5.41, 5.74) is 2.15. The zero-order valence-corrected chi connectivity index (χ0v) is 12.3. The van der Waals surface area contributed by atoms with Crippen molar-refractivity contribution >= 4 is 11.8 Å². The molecule has 5 heteroatoms. The summed E-state index contributed by atoms with van der Waals surface area (Å²) in [7, 11) is 0. The van der Waals surface area contributed by atoms with Crippen LogP contribution in [0.2, 0.25) is 0 Å². The van der Waals surface area contributed by atoms with Crippen molar-refractivity contribution in [1.82, 2.24) is 10.1 Å². The van der Waals surface area contributed by atoms with Crippen molar-refractivity contribution in [2.45, 2.75) is 17.6 Å². The van der Waals surface area contributed by atoms with Gasteiger partial charge in [-0.3, -0.25) is 0 Å². The Labute approximate surface area is 126 Å². The van der Waals surface area contributed by atoms with Crippen molar-refractivity contribution in [3.05, 3.63) is 60.0 Å². The van der Waals surface area contributed by atoms with Crippen LogP contribution in [-0.2, 0) is 5.75 Å². The summed E-state index contributed by atoms with van der Waals surface area (Å²) in [6.45, 7) is 2.04. The van der Waals surface area contributed by atoms with Gasteiger partial charge in [-0.1, -0.05) is 35.0 Å². The molecule has 3 rings (SSSR count). The first kappa shape index (κ1) is 13.7. The summed E-state index contributed by atoms with van der Waals surface area (Å²) < 4.78 is 5.26. The van der Waals surface area contributed by atoms with Gasteiger partial charge in [0.1, 0.15) is 5.75 Å². The Bertz CT molecular complexity index is 721. The van der Waals surface area contributed by atoms with Crippen LogP contribution in [0.3, 0.4) is 0 Å². The highest BCUT2D eigenvalue weighted by molar-refractivity contribution is 7.98. The highest BCUT2D eigenvalue weighted by Crippen LogP contribution is 2.25. The maximum atomic E-state index is 9.24. The largest absolute Gasteiger partial charge is 0.508 e. The minimum Gasteiger partial charge on any atom is -0.508 e. The molecule has 0 aliphatic rings. The lowest BCUT2D eigenvalue weighted by molar-refractivity contribution is 0.391. The van der Waals surface area contributed by atoms with Crippen molar-refractivity contribution in [2.75, 3.05) is 0 Å². The molecular formula is C16H14N2O2S. The number of thioether (sulfide) groups is 1. The van der Waals surface area contributed by atoms with Crippen LogP contribution in [0.1, 0.15) is 11.5 Å². The van der Waals surface area contributed by atoms with E-state index in [9.17, 15) is 5.11 Å². The predicted molar refractivity (Wildman–Crippen MR) is 82.1 cm³/mol. The van der Waals surface area contributed by atoms with Gasteiger partial charge < -0.3 is 9.63 Å². The number of benzene rings is 2. The number of aromatic nitrogens is 2. The molecule has 0 fully saturated rings. The van der Waals surface area contributed by atoms with E-state index in [-0.39, 0.29) is 5.75 Å². The topological polar surface area (TPSA) is 59.2 Å². The third kappa shape index (κ3) is 3.44. The van der Waals surface area contributed by atoms with E-state index in [2.05, 4.69) is 10.1 Å².